The average Bonchev–Trinajstić information content (AvgIpc) is 2.24. The molecule has 0 heterocycles. The number of benzene rings is 1. The van der Waals surface area contributed by atoms with Crippen LogP contribution in [-0.2, 0) is 0 Å². The maximum atomic E-state index is 11.6. The van der Waals surface area contributed by atoms with Crippen LogP contribution in [-0.4, -0.2) is 18.4 Å². The third kappa shape index (κ3) is 2.61. The van der Waals surface area contributed by atoms with E-state index in [-0.39, 0.29) is 5.78 Å². The molecule has 3 nitrogen and oxygen atoms in total. The van der Waals surface area contributed by atoms with Crippen LogP contribution in [0, 0.1) is 0 Å². The molecule has 0 aliphatic heterocycles. The molecule has 2 N–H and O–H groups in total. The maximum Gasteiger partial charge on any atom is 0.164 e. The number of hydrogen-bond donors (Lipinski definition) is 1. The van der Waals surface area contributed by atoms with Gasteiger partial charge in [0, 0.05) is 12.0 Å². The number of ether oxygens (including phenoxy) is 1. The topological polar surface area (TPSA) is 52.3 Å². The molecule has 0 unspecified atom stereocenters. The SMILES string of the molecule is NCCC(=O)c1cccc(OC2CCC2)c1. The van der Waals surface area contributed by atoms with Gasteiger partial charge in [0.2, 0.25) is 0 Å². The minimum atomic E-state index is 0.0848. The van der Waals surface area contributed by atoms with E-state index < -0.39 is 0 Å². The first-order valence-electron chi connectivity index (χ1n) is 5.79. The normalized spacial score (nSPS) is 15.6. The summed E-state index contributed by atoms with van der Waals surface area (Å²) < 4.78 is 5.74. The smallest absolute Gasteiger partial charge is 0.164 e. The Morgan fingerprint density at radius 1 is 1.44 bits per heavy atom. The highest BCUT2D eigenvalue weighted by atomic mass is 16.5. The Morgan fingerprint density at radius 3 is 2.88 bits per heavy atom. The molecule has 0 saturated heterocycles. The molecule has 3 heteroatoms. The molecular formula is C13H17NO2. The Balaban J connectivity index is 2.03. The minimum Gasteiger partial charge on any atom is -0.490 e. The molecule has 0 amide bonds. The van der Waals surface area contributed by atoms with E-state index in [1.165, 1.54) is 6.42 Å². The zero-order valence-electron chi connectivity index (χ0n) is 9.32. The van der Waals surface area contributed by atoms with Gasteiger partial charge in [0.1, 0.15) is 5.75 Å². The number of ketones is 1. The second-order valence-corrected chi connectivity index (χ2v) is 4.16. The highest BCUT2D eigenvalue weighted by molar-refractivity contribution is 5.96. The van der Waals surface area contributed by atoms with Gasteiger partial charge in [-0.3, -0.25) is 4.79 Å². The van der Waals surface area contributed by atoms with Crippen molar-refractivity contribution in [3.05, 3.63) is 29.8 Å². The largest absolute Gasteiger partial charge is 0.490 e. The Labute approximate surface area is 95.6 Å². The Morgan fingerprint density at radius 2 is 2.25 bits per heavy atom. The first-order chi connectivity index (χ1) is 7.79. The summed E-state index contributed by atoms with van der Waals surface area (Å²) in [5, 5.41) is 0. The van der Waals surface area contributed by atoms with Crippen molar-refractivity contribution in [3.63, 3.8) is 0 Å². The minimum absolute atomic E-state index is 0.0848. The van der Waals surface area contributed by atoms with Gasteiger partial charge in [-0.2, -0.15) is 0 Å². The lowest BCUT2D eigenvalue weighted by Crippen LogP contribution is -2.24. The van der Waals surface area contributed by atoms with Crippen LogP contribution in [0.25, 0.3) is 0 Å². The van der Waals surface area contributed by atoms with Crippen molar-refractivity contribution in [1.29, 1.82) is 0 Å². The van der Waals surface area contributed by atoms with Gasteiger partial charge in [-0.25, -0.2) is 0 Å². The summed E-state index contributed by atoms with van der Waals surface area (Å²) in [6, 6.07) is 7.39. The molecule has 2 rings (SSSR count). The van der Waals surface area contributed by atoms with Crippen LogP contribution >= 0.6 is 0 Å². The summed E-state index contributed by atoms with van der Waals surface area (Å²) in [5.41, 5.74) is 6.06. The van der Waals surface area contributed by atoms with E-state index in [1.54, 1.807) is 0 Å². The van der Waals surface area contributed by atoms with Crippen molar-refractivity contribution in [2.75, 3.05) is 6.54 Å². The molecule has 0 atom stereocenters. The fourth-order valence-electron chi connectivity index (χ4n) is 1.70. The lowest BCUT2D eigenvalue weighted by Gasteiger charge is -2.26. The van der Waals surface area contributed by atoms with E-state index >= 15 is 0 Å². The van der Waals surface area contributed by atoms with Crippen molar-refractivity contribution in [3.8, 4) is 5.75 Å². The number of nitrogens with two attached hydrogens (primary N) is 1. The second-order valence-electron chi connectivity index (χ2n) is 4.16. The zero-order valence-corrected chi connectivity index (χ0v) is 9.32. The summed E-state index contributed by atoms with van der Waals surface area (Å²) in [4.78, 5) is 11.6. The van der Waals surface area contributed by atoms with Crippen molar-refractivity contribution in [2.45, 2.75) is 31.8 Å². The van der Waals surface area contributed by atoms with E-state index in [2.05, 4.69) is 0 Å². The zero-order chi connectivity index (χ0) is 11.4. The fraction of sp³-hybridized carbons (Fsp3) is 0.462. The summed E-state index contributed by atoms with van der Waals surface area (Å²) in [6.07, 6.45) is 4.24. The molecule has 1 fully saturated rings. The summed E-state index contributed by atoms with van der Waals surface area (Å²) in [7, 11) is 0. The first kappa shape index (κ1) is 11.1. The molecule has 1 saturated carbocycles. The predicted molar refractivity (Wildman–Crippen MR) is 62.7 cm³/mol. The number of hydrogen-bond acceptors (Lipinski definition) is 3. The van der Waals surface area contributed by atoms with Gasteiger partial charge in [-0.1, -0.05) is 12.1 Å². The third-order valence-corrected chi connectivity index (χ3v) is 2.88. The Hall–Kier alpha value is -1.35. The van der Waals surface area contributed by atoms with E-state index in [0.717, 1.165) is 18.6 Å². The van der Waals surface area contributed by atoms with Crippen molar-refractivity contribution < 1.29 is 9.53 Å². The van der Waals surface area contributed by atoms with E-state index in [1.807, 2.05) is 24.3 Å². The van der Waals surface area contributed by atoms with Crippen molar-refractivity contribution in [1.82, 2.24) is 0 Å². The molecule has 86 valence electrons. The van der Waals surface area contributed by atoms with Gasteiger partial charge in [0.25, 0.3) is 0 Å². The van der Waals surface area contributed by atoms with E-state index in [4.69, 9.17) is 10.5 Å². The second kappa shape index (κ2) is 5.12. The number of Topliss-reactive ketones (excluding diaryl/α,β-unsaturated/α-hetero) is 1. The number of carbonyl (C=O) groups excluding carboxylic acids is 1. The molecule has 0 radical (unpaired) electrons. The molecular weight excluding hydrogens is 202 g/mol. The molecule has 1 aliphatic rings. The van der Waals surface area contributed by atoms with Crippen molar-refractivity contribution in [2.24, 2.45) is 5.73 Å². The average molecular weight is 219 g/mol. The molecule has 0 bridgehead atoms. The number of carbonyl (C=O) groups is 1. The van der Waals surface area contributed by atoms with Gasteiger partial charge in [0.15, 0.2) is 5.78 Å². The van der Waals surface area contributed by atoms with Crippen molar-refractivity contribution >= 4 is 5.78 Å². The van der Waals surface area contributed by atoms with Crippen LogP contribution in [0.3, 0.4) is 0 Å². The Kier molecular flexibility index (Phi) is 3.57. The fourth-order valence-corrected chi connectivity index (χ4v) is 1.70. The Bertz CT molecular complexity index is 372. The first-order valence-corrected chi connectivity index (χ1v) is 5.79. The summed E-state index contributed by atoms with van der Waals surface area (Å²) in [6.45, 7) is 0.395. The molecule has 0 spiro atoms. The standard InChI is InChI=1S/C13H17NO2/c14-8-7-13(15)10-3-1-6-12(9-10)16-11-4-2-5-11/h1,3,6,9,11H,2,4-5,7-8,14H2. The van der Waals surface area contributed by atoms with Crippen LogP contribution in [0.2, 0.25) is 0 Å². The monoisotopic (exact) mass is 219 g/mol. The molecule has 0 aromatic heterocycles. The van der Waals surface area contributed by atoms with Crippen LogP contribution in [0.15, 0.2) is 24.3 Å². The molecule has 16 heavy (non-hydrogen) atoms. The lowest BCUT2D eigenvalue weighted by molar-refractivity contribution is 0.0982. The van der Waals surface area contributed by atoms with Gasteiger partial charge in [0.05, 0.1) is 6.10 Å². The molecule has 1 aromatic rings. The quantitative estimate of drug-likeness (QED) is 0.772. The maximum absolute atomic E-state index is 11.6. The van der Waals surface area contributed by atoms with E-state index in [0.29, 0.717) is 24.6 Å². The number of rotatable bonds is 5. The highest BCUT2D eigenvalue weighted by Crippen LogP contribution is 2.25. The van der Waals surface area contributed by atoms with Gasteiger partial charge in [-0.15, -0.1) is 0 Å². The summed E-state index contributed by atoms with van der Waals surface area (Å²) >= 11 is 0. The lowest BCUT2D eigenvalue weighted by atomic mass is 9.96. The van der Waals surface area contributed by atoms with Gasteiger partial charge < -0.3 is 10.5 Å². The molecule has 1 aliphatic carbocycles. The van der Waals surface area contributed by atoms with Crippen LogP contribution < -0.4 is 10.5 Å². The van der Waals surface area contributed by atoms with Crippen LogP contribution in [0.5, 0.6) is 5.75 Å². The third-order valence-electron chi connectivity index (χ3n) is 2.88. The molecule has 1 aromatic carbocycles. The highest BCUT2D eigenvalue weighted by Gasteiger charge is 2.19. The van der Waals surface area contributed by atoms with Gasteiger partial charge in [-0.05, 0) is 37.9 Å². The van der Waals surface area contributed by atoms with E-state index in [9.17, 15) is 4.79 Å². The van der Waals surface area contributed by atoms with Gasteiger partial charge >= 0.3 is 0 Å². The predicted octanol–water partition coefficient (Wildman–Crippen LogP) is 2.15. The summed E-state index contributed by atoms with van der Waals surface area (Å²) in [5.74, 6) is 0.883. The van der Waals surface area contributed by atoms with Crippen LogP contribution in [0.1, 0.15) is 36.0 Å². The van der Waals surface area contributed by atoms with Crippen LogP contribution in [0.4, 0.5) is 0 Å².